The molecule has 0 amide bonds. The van der Waals surface area contributed by atoms with Crippen molar-refractivity contribution in [2.75, 3.05) is 11.9 Å². The van der Waals surface area contributed by atoms with Gasteiger partial charge < -0.3 is 5.32 Å². The third-order valence-electron chi connectivity index (χ3n) is 3.39. The van der Waals surface area contributed by atoms with E-state index in [2.05, 4.69) is 5.32 Å². The van der Waals surface area contributed by atoms with Gasteiger partial charge in [0.05, 0.1) is 5.56 Å². The maximum absolute atomic E-state index is 14.0. The highest BCUT2D eigenvalue weighted by Gasteiger charge is 2.16. The zero-order valence-electron chi connectivity index (χ0n) is 10.1. The van der Waals surface area contributed by atoms with Crippen molar-refractivity contribution in [1.29, 1.82) is 0 Å². The number of hydrogen-bond donors (Lipinski definition) is 1. The summed E-state index contributed by atoms with van der Waals surface area (Å²) in [6.45, 7) is 2.53. The molecule has 18 heavy (non-hydrogen) atoms. The molecule has 0 atom stereocenters. The first-order chi connectivity index (χ1) is 8.66. The molecule has 1 nitrogen and oxygen atoms in total. The van der Waals surface area contributed by atoms with Crippen molar-refractivity contribution in [1.82, 2.24) is 0 Å². The quantitative estimate of drug-likeness (QED) is 0.803. The molecular formula is C15H13F2N. The van der Waals surface area contributed by atoms with Crippen LogP contribution in [-0.2, 0) is 6.42 Å². The predicted molar refractivity (Wildman–Crippen MR) is 68.7 cm³/mol. The molecule has 92 valence electrons. The molecule has 1 aliphatic rings. The normalized spacial score (nSPS) is 13.3. The monoisotopic (exact) mass is 245 g/mol. The third kappa shape index (κ3) is 1.67. The molecule has 3 rings (SSSR count). The lowest BCUT2D eigenvalue weighted by atomic mass is 9.99. The Morgan fingerprint density at radius 3 is 2.78 bits per heavy atom. The SMILES string of the molecule is Cc1ccc(F)c(-c2ccc3c(c2)CCN3)c1F. The highest BCUT2D eigenvalue weighted by Crippen LogP contribution is 2.32. The Hall–Kier alpha value is -1.90. The summed E-state index contributed by atoms with van der Waals surface area (Å²) in [5.74, 6) is -0.982. The molecule has 2 aromatic rings. The van der Waals surface area contributed by atoms with Crippen molar-refractivity contribution in [3.63, 3.8) is 0 Å². The molecule has 1 heterocycles. The predicted octanol–water partition coefficient (Wildman–Crippen LogP) is 3.91. The summed E-state index contributed by atoms with van der Waals surface area (Å²) in [6, 6.07) is 8.30. The van der Waals surface area contributed by atoms with E-state index in [1.807, 2.05) is 12.1 Å². The number of aryl methyl sites for hydroxylation is 1. The van der Waals surface area contributed by atoms with Crippen LogP contribution >= 0.6 is 0 Å². The minimum atomic E-state index is -0.510. The summed E-state index contributed by atoms with van der Waals surface area (Å²) >= 11 is 0. The summed E-state index contributed by atoms with van der Waals surface area (Å²) in [7, 11) is 0. The van der Waals surface area contributed by atoms with E-state index in [-0.39, 0.29) is 5.56 Å². The van der Waals surface area contributed by atoms with Gasteiger partial charge >= 0.3 is 0 Å². The zero-order chi connectivity index (χ0) is 12.7. The number of rotatable bonds is 1. The number of benzene rings is 2. The lowest BCUT2D eigenvalue weighted by Crippen LogP contribution is -1.94. The van der Waals surface area contributed by atoms with Crippen LogP contribution in [0.15, 0.2) is 30.3 Å². The van der Waals surface area contributed by atoms with Crippen LogP contribution in [0.2, 0.25) is 0 Å². The maximum Gasteiger partial charge on any atom is 0.136 e. The molecule has 0 spiro atoms. The van der Waals surface area contributed by atoms with Gasteiger partial charge in [-0.1, -0.05) is 12.1 Å². The highest BCUT2D eigenvalue weighted by atomic mass is 19.1. The minimum absolute atomic E-state index is 0.0738. The van der Waals surface area contributed by atoms with E-state index < -0.39 is 11.6 Å². The van der Waals surface area contributed by atoms with Gasteiger partial charge in [0.25, 0.3) is 0 Å². The van der Waals surface area contributed by atoms with Crippen molar-refractivity contribution in [3.05, 3.63) is 53.1 Å². The maximum atomic E-state index is 14.0. The topological polar surface area (TPSA) is 12.0 Å². The molecule has 0 bridgehead atoms. The van der Waals surface area contributed by atoms with E-state index >= 15 is 0 Å². The number of hydrogen-bond acceptors (Lipinski definition) is 1. The van der Waals surface area contributed by atoms with Crippen LogP contribution in [0.1, 0.15) is 11.1 Å². The lowest BCUT2D eigenvalue weighted by molar-refractivity contribution is 0.584. The number of anilines is 1. The van der Waals surface area contributed by atoms with Crippen molar-refractivity contribution < 1.29 is 8.78 Å². The van der Waals surface area contributed by atoms with Gasteiger partial charge in [0.15, 0.2) is 0 Å². The summed E-state index contributed by atoms with van der Waals surface area (Å²) in [5, 5.41) is 3.23. The van der Waals surface area contributed by atoms with Gasteiger partial charge in [-0.25, -0.2) is 8.78 Å². The zero-order valence-corrected chi connectivity index (χ0v) is 10.1. The van der Waals surface area contributed by atoms with Crippen molar-refractivity contribution in [2.24, 2.45) is 0 Å². The molecule has 0 radical (unpaired) electrons. The lowest BCUT2D eigenvalue weighted by Gasteiger charge is -2.09. The summed E-state index contributed by atoms with van der Waals surface area (Å²) in [4.78, 5) is 0. The van der Waals surface area contributed by atoms with Gasteiger partial charge in [-0.05, 0) is 48.2 Å². The molecule has 1 aliphatic heterocycles. The first-order valence-corrected chi connectivity index (χ1v) is 5.98. The van der Waals surface area contributed by atoms with Crippen molar-refractivity contribution >= 4 is 5.69 Å². The van der Waals surface area contributed by atoms with Crippen molar-refractivity contribution in [2.45, 2.75) is 13.3 Å². The number of fused-ring (bicyclic) bond motifs is 1. The van der Waals surface area contributed by atoms with Crippen molar-refractivity contribution in [3.8, 4) is 11.1 Å². The minimum Gasteiger partial charge on any atom is -0.384 e. The third-order valence-corrected chi connectivity index (χ3v) is 3.39. The number of halogens is 2. The van der Waals surface area contributed by atoms with E-state index in [0.29, 0.717) is 11.1 Å². The van der Waals surface area contributed by atoms with Gasteiger partial charge in [0, 0.05) is 12.2 Å². The Morgan fingerprint density at radius 2 is 1.94 bits per heavy atom. The van der Waals surface area contributed by atoms with Crippen LogP contribution < -0.4 is 5.32 Å². The van der Waals surface area contributed by atoms with Crippen LogP contribution in [0, 0.1) is 18.6 Å². The highest BCUT2D eigenvalue weighted by molar-refractivity contribution is 5.71. The van der Waals surface area contributed by atoms with Crippen LogP contribution in [0.5, 0.6) is 0 Å². The molecule has 0 fully saturated rings. The van der Waals surface area contributed by atoms with E-state index in [1.54, 1.807) is 13.0 Å². The first-order valence-electron chi connectivity index (χ1n) is 5.98. The average molecular weight is 245 g/mol. The molecule has 1 N–H and O–H groups in total. The Labute approximate surface area is 104 Å². The average Bonchev–Trinajstić information content (AvgIpc) is 2.82. The standard InChI is InChI=1S/C15H13F2N/c1-9-2-4-12(16)14(15(9)17)11-3-5-13-10(8-11)6-7-18-13/h2-5,8,18H,6-7H2,1H3. The second-order valence-corrected chi connectivity index (χ2v) is 4.60. The van der Waals surface area contributed by atoms with E-state index in [4.69, 9.17) is 0 Å². The van der Waals surface area contributed by atoms with Gasteiger partial charge in [-0.3, -0.25) is 0 Å². The summed E-state index contributed by atoms with van der Waals surface area (Å²) in [6.07, 6.45) is 0.901. The van der Waals surface area contributed by atoms with E-state index in [1.165, 1.54) is 12.1 Å². The first kappa shape index (κ1) is 11.2. The van der Waals surface area contributed by atoms with Crippen LogP contribution in [-0.4, -0.2) is 6.54 Å². The second-order valence-electron chi connectivity index (χ2n) is 4.60. The molecule has 0 saturated heterocycles. The largest absolute Gasteiger partial charge is 0.384 e. The van der Waals surface area contributed by atoms with E-state index in [9.17, 15) is 8.78 Å². The fraction of sp³-hybridized carbons (Fsp3) is 0.200. The summed E-state index contributed by atoms with van der Waals surface area (Å²) < 4.78 is 27.9. The Kier molecular flexibility index (Phi) is 2.54. The van der Waals surface area contributed by atoms with Crippen LogP contribution in [0.25, 0.3) is 11.1 Å². The molecule has 0 saturated carbocycles. The van der Waals surface area contributed by atoms with Gasteiger partial charge in [0.1, 0.15) is 11.6 Å². The van der Waals surface area contributed by atoms with Crippen LogP contribution in [0.4, 0.5) is 14.5 Å². The van der Waals surface area contributed by atoms with Gasteiger partial charge in [0.2, 0.25) is 0 Å². The van der Waals surface area contributed by atoms with E-state index in [0.717, 1.165) is 24.2 Å². The number of nitrogens with one attached hydrogen (secondary N) is 1. The summed E-state index contributed by atoms with van der Waals surface area (Å²) in [5.41, 5.74) is 3.32. The molecule has 0 aliphatic carbocycles. The van der Waals surface area contributed by atoms with Gasteiger partial charge in [-0.15, -0.1) is 0 Å². The molecule has 0 unspecified atom stereocenters. The van der Waals surface area contributed by atoms with Gasteiger partial charge in [-0.2, -0.15) is 0 Å². The fourth-order valence-electron chi connectivity index (χ4n) is 2.38. The molecular weight excluding hydrogens is 232 g/mol. The van der Waals surface area contributed by atoms with Crippen LogP contribution in [0.3, 0.4) is 0 Å². The Bertz CT molecular complexity index is 620. The fourth-order valence-corrected chi connectivity index (χ4v) is 2.38. The molecule has 2 aromatic carbocycles. The molecule has 3 heteroatoms. The Balaban J connectivity index is 2.18. The second kappa shape index (κ2) is 4.09. The Morgan fingerprint density at radius 1 is 1.11 bits per heavy atom. The molecule has 0 aromatic heterocycles. The smallest absolute Gasteiger partial charge is 0.136 e.